The maximum atomic E-state index is 11.8. The number of esters is 1. The zero-order chi connectivity index (χ0) is 15.9. The minimum atomic E-state index is -0.0563. The number of aryl methyl sites for hydroxylation is 1. The van der Waals surface area contributed by atoms with Gasteiger partial charge < -0.3 is 15.0 Å². The van der Waals surface area contributed by atoms with Crippen molar-refractivity contribution in [2.75, 3.05) is 26.7 Å². The van der Waals surface area contributed by atoms with E-state index in [9.17, 15) is 4.79 Å². The first-order chi connectivity index (χ1) is 10.6. The largest absolute Gasteiger partial charge is 0.466 e. The average Bonchev–Trinajstić information content (AvgIpc) is 2.94. The molecule has 130 valence electrons. The summed E-state index contributed by atoms with van der Waals surface area (Å²) in [5.41, 5.74) is 0. The number of halogens is 1. The van der Waals surface area contributed by atoms with E-state index in [4.69, 9.17) is 4.74 Å². The lowest BCUT2D eigenvalue weighted by Gasteiger charge is -2.33. The second kappa shape index (κ2) is 10.1. The molecular weight excluding hydrogens is 425 g/mol. The Hall–Kier alpha value is -0.830. The van der Waals surface area contributed by atoms with Crippen LogP contribution in [0, 0.1) is 12.8 Å². The molecule has 1 N–H and O–H groups in total. The van der Waals surface area contributed by atoms with E-state index in [1.54, 1.807) is 18.4 Å². The van der Waals surface area contributed by atoms with E-state index in [0.717, 1.165) is 38.4 Å². The molecule has 0 aromatic carbocycles. The molecule has 1 aliphatic heterocycles. The van der Waals surface area contributed by atoms with Gasteiger partial charge in [-0.1, -0.05) is 0 Å². The van der Waals surface area contributed by atoms with Crippen LogP contribution in [0.15, 0.2) is 17.1 Å². The first-order valence-electron chi connectivity index (χ1n) is 7.81. The second-order valence-electron chi connectivity index (χ2n) is 5.43. The number of piperidine rings is 1. The number of thiophene rings is 1. The summed E-state index contributed by atoms with van der Waals surface area (Å²) >= 11 is 1.80. The van der Waals surface area contributed by atoms with Crippen molar-refractivity contribution >= 4 is 47.2 Å². The maximum absolute atomic E-state index is 11.8. The van der Waals surface area contributed by atoms with Crippen LogP contribution in [0.25, 0.3) is 0 Å². The molecule has 1 aromatic rings. The molecule has 7 heteroatoms. The molecule has 0 unspecified atom stereocenters. The van der Waals surface area contributed by atoms with Gasteiger partial charge in [-0.15, -0.1) is 35.3 Å². The normalized spacial score (nSPS) is 16.0. The van der Waals surface area contributed by atoms with Gasteiger partial charge >= 0.3 is 5.97 Å². The highest BCUT2D eigenvalue weighted by Crippen LogP contribution is 2.19. The van der Waals surface area contributed by atoms with Gasteiger partial charge in [-0.05, 0) is 38.8 Å². The summed E-state index contributed by atoms with van der Waals surface area (Å²) in [4.78, 5) is 21.0. The fraction of sp³-hybridized carbons (Fsp3) is 0.625. The van der Waals surface area contributed by atoms with Crippen LogP contribution in [0.5, 0.6) is 0 Å². The minimum absolute atomic E-state index is 0. The van der Waals surface area contributed by atoms with E-state index >= 15 is 0 Å². The van der Waals surface area contributed by atoms with Crippen molar-refractivity contribution in [1.29, 1.82) is 0 Å². The van der Waals surface area contributed by atoms with Crippen molar-refractivity contribution < 1.29 is 9.53 Å². The average molecular weight is 451 g/mol. The van der Waals surface area contributed by atoms with E-state index < -0.39 is 0 Å². The molecule has 0 amide bonds. The van der Waals surface area contributed by atoms with Crippen molar-refractivity contribution in [2.45, 2.75) is 33.2 Å². The fourth-order valence-corrected chi connectivity index (χ4v) is 3.50. The Kier molecular flexibility index (Phi) is 8.90. The lowest BCUT2D eigenvalue weighted by atomic mass is 9.97. The number of carbonyl (C=O) groups is 1. The quantitative estimate of drug-likeness (QED) is 0.331. The number of aliphatic imine (C=N–C) groups is 1. The Balaban J connectivity index is 0.00000264. The van der Waals surface area contributed by atoms with E-state index in [1.165, 1.54) is 9.75 Å². The predicted octanol–water partition coefficient (Wildman–Crippen LogP) is 3.03. The van der Waals surface area contributed by atoms with Gasteiger partial charge in [0, 0.05) is 29.9 Å². The third-order valence-corrected chi connectivity index (χ3v) is 4.84. The number of rotatable bonds is 4. The molecule has 0 atom stereocenters. The highest BCUT2D eigenvalue weighted by atomic mass is 127. The van der Waals surface area contributed by atoms with E-state index in [-0.39, 0.29) is 35.9 Å². The summed E-state index contributed by atoms with van der Waals surface area (Å²) in [5.74, 6) is 0.891. The lowest BCUT2D eigenvalue weighted by Crippen LogP contribution is -2.46. The molecule has 0 radical (unpaired) electrons. The molecule has 0 aliphatic carbocycles. The standard InChI is InChI=1S/C16H25N3O2S.HI/c1-4-21-15(20)13-7-9-19(10-8-13)16(17-3)18-11-14-6-5-12(2)22-14;/h5-6,13H,4,7-11H2,1-3H3,(H,17,18);1H. The third kappa shape index (κ3) is 5.95. The summed E-state index contributed by atoms with van der Waals surface area (Å²) in [6.07, 6.45) is 1.66. The molecule has 5 nitrogen and oxygen atoms in total. The third-order valence-electron chi connectivity index (χ3n) is 3.84. The summed E-state index contributed by atoms with van der Waals surface area (Å²) in [6, 6.07) is 4.28. The zero-order valence-corrected chi connectivity index (χ0v) is 17.1. The van der Waals surface area contributed by atoms with Crippen molar-refractivity contribution in [2.24, 2.45) is 10.9 Å². The number of ether oxygens (including phenoxy) is 1. The first kappa shape index (κ1) is 20.2. The Labute approximate surface area is 159 Å². The van der Waals surface area contributed by atoms with Crippen LogP contribution in [0.3, 0.4) is 0 Å². The number of likely N-dealkylation sites (tertiary alicyclic amines) is 1. The van der Waals surface area contributed by atoms with Gasteiger partial charge in [0.1, 0.15) is 0 Å². The molecule has 23 heavy (non-hydrogen) atoms. The van der Waals surface area contributed by atoms with Crippen LogP contribution in [0.4, 0.5) is 0 Å². The Morgan fingerprint density at radius 3 is 2.65 bits per heavy atom. The van der Waals surface area contributed by atoms with Crippen molar-refractivity contribution in [1.82, 2.24) is 10.2 Å². The van der Waals surface area contributed by atoms with Crippen LogP contribution < -0.4 is 5.32 Å². The SMILES string of the molecule is CCOC(=O)C1CCN(C(=NC)NCc2ccc(C)s2)CC1.I. The summed E-state index contributed by atoms with van der Waals surface area (Å²) < 4.78 is 5.11. The molecule has 1 aliphatic rings. The molecule has 1 aromatic heterocycles. The molecule has 0 bridgehead atoms. The number of nitrogens with zero attached hydrogens (tertiary/aromatic N) is 2. The summed E-state index contributed by atoms with van der Waals surface area (Å²) in [6.45, 7) is 6.90. The summed E-state index contributed by atoms with van der Waals surface area (Å²) in [5, 5.41) is 3.41. The number of hydrogen-bond acceptors (Lipinski definition) is 4. The van der Waals surface area contributed by atoms with Crippen LogP contribution in [-0.4, -0.2) is 43.6 Å². The number of guanidine groups is 1. The van der Waals surface area contributed by atoms with Crippen LogP contribution in [0.1, 0.15) is 29.5 Å². The molecular formula is C16H26IN3O2S. The predicted molar refractivity (Wildman–Crippen MR) is 106 cm³/mol. The number of nitrogens with one attached hydrogen (secondary N) is 1. The highest BCUT2D eigenvalue weighted by Gasteiger charge is 2.27. The molecule has 1 saturated heterocycles. The van der Waals surface area contributed by atoms with E-state index in [2.05, 4.69) is 34.3 Å². The fourth-order valence-electron chi connectivity index (χ4n) is 2.67. The van der Waals surface area contributed by atoms with Crippen LogP contribution in [-0.2, 0) is 16.1 Å². The van der Waals surface area contributed by atoms with Gasteiger partial charge in [0.2, 0.25) is 0 Å². The van der Waals surface area contributed by atoms with Gasteiger partial charge in [-0.3, -0.25) is 9.79 Å². The molecule has 2 rings (SSSR count). The van der Waals surface area contributed by atoms with E-state index in [0.29, 0.717) is 6.61 Å². The lowest BCUT2D eigenvalue weighted by molar-refractivity contribution is -0.149. The van der Waals surface area contributed by atoms with Gasteiger partial charge in [0.15, 0.2) is 5.96 Å². The molecule has 1 fully saturated rings. The Bertz CT molecular complexity index is 525. The smallest absolute Gasteiger partial charge is 0.309 e. The zero-order valence-electron chi connectivity index (χ0n) is 14.0. The van der Waals surface area contributed by atoms with Crippen LogP contribution >= 0.6 is 35.3 Å². The first-order valence-corrected chi connectivity index (χ1v) is 8.63. The minimum Gasteiger partial charge on any atom is -0.466 e. The highest BCUT2D eigenvalue weighted by molar-refractivity contribution is 14.0. The van der Waals surface area contributed by atoms with Crippen LogP contribution in [0.2, 0.25) is 0 Å². The van der Waals surface area contributed by atoms with Gasteiger partial charge in [0.25, 0.3) is 0 Å². The number of carbonyl (C=O) groups excluding carboxylic acids is 1. The van der Waals surface area contributed by atoms with Gasteiger partial charge in [-0.25, -0.2) is 0 Å². The second-order valence-corrected chi connectivity index (χ2v) is 6.80. The van der Waals surface area contributed by atoms with Gasteiger partial charge in [-0.2, -0.15) is 0 Å². The summed E-state index contributed by atoms with van der Waals surface area (Å²) in [7, 11) is 1.81. The molecule has 2 heterocycles. The Morgan fingerprint density at radius 1 is 1.43 bits per heavy atom. The van der Waals surface area contributed by atoms with Crippen molar-refractivity contribution in [3.05, 3.63) is 21.9 Å². The van der Waals surface area contributed by atoms with E-state index in [1.807, 2.05) is 6.92 Å². The molecule has 0 spiro atoms. The monoisotopic (exact) mass is 451 g/mol. The van der Waals surface area contributed by atoms with Crippen molar-refractivity contribution in [3.8, 4) is 0 Å². The number of hydrogen-bond donors (Lipinski definition) is 1. The molecule has 0 saturated carbocycles. The topological polar surface area (TPSA) is 53.9 Å². The van der Waals surface area contributed by atoms with Crippen molar-refractivity contribution in [3.63, 3.8) is 0 Å². The van der Waals surface area contributed by atoms with Gasteiger partial charge in [0.05, 0.1) is 19.1 Å². The maximum Gasteiger partial charge on any atom is 0.309 e. The Morgan fingerprint density at radius 2 is 2.13 bits per heavy atom.